The van der Waals surface area contributed by atoms with Gasteiger partial charge in [0.15, 0.2) is 11.8 Å². The van der Waals surface area contributed by atoms with E-state index in [0.717, 1.165) is 43.0 Å². The van der Waals surface area contributed by atoms with Crippen molar-refractivity contribution >= 4 is 5.96 Å². The van der Waals surface area contributed by atoms with Crippen LogP contribution in [0.5, 0.6) is 5.75 Å². The fraction of sp³-hybridized carbons (Fsp3) is 0.571. The summed E-state index contributed by atoms with van der Waals surface area (Å²) in [6, 6.07) is 8.69. The Morgan fingerprint density at radius 2 is 1.86 bits per heavy atom. The second-order valence-electron chi connectivity index (χ2n) is 7.41. The lowest BCUT2D eigenvalue weighted by atomic mass is 10.0. The number of benzene rings is 1. The van der Waals surface area contributed by atoms with Crippen LogP contribution in [0.2, 0.25) is 0 Å². The largest absolute Gasteiger partial charge is 0.497 e. The number of nitrogens with zero attached hydrogens (tertiary/aromatic N) is 5. The molecule has 1 aromatic carbocycles. The summed E-state index contributed by atoms with van der Waals surface area (Å²) in [5.74, 6) is 3.43. The Hall–Kier alpha value is -2.61. The molecule has 2 N–H and O–H groups in total. The molecule has 0 amide bonds. The number of hydrogen-bond acceptors (Lipinski definition) is 5. The number of guanidine groups is 1. The molecule has 1 aromatic heterocycles. The van der Waals surface area contributed by atoms with E-state index in [1.807, 2.05) is 30.7 Å². The molecule has 8 nitrogen and oxygen atoms in total. The van der Waals surface area contributed by atoms with Crippen molar-refractivity contribution in [2.45, 2.75) is 38.8 Å². The Bertz CT molecular complexity index is 794. The summed E-state index contributed by atoms with van der Waals surface area (Å²) in [4.78, 5) is 6.94. The van der Waals surface area contributed by atoms with E-state index in [0.29, 0.717) is 6.54 Å². The van der Waals surface area contributed by atoms with Crippen LogP contribution in [0.4, 0.5) is 0 Å². The zero-order valence-corrected chi connectivity index (χ0v) is 18.0. The molecular formula is C21H33N7O. The molecule has 0 radical (unpaired) electrons. The van der Waals surface area contributed by atoms with Gasteiger partial charge in [0.05, 0.1) is 19.7 Å². The van der Waals surface area contributed by atoms with Crippen molar-refractivity contribution in [1.82, 2.24) is 30.3 Å². The summed E-state index contributed by atoms with van der Waals surface area (Å²) in [5, 5.41) is 15.2. The Kier molecular flexibility index (Phi) is 7.46. The number of methoxy groups -OCH3 is 1. The molecular weight excluding hydrogens is 366 g/mol. The van der Waals surface area contributed by atoms with E-state index in [2.05, 4.69) is 42.9 Å². The quantitative estimate of drug-likeness (QED) is 0.548. The van der Waals surface area contributed by atoms with Crippen molar-refractivity contribution in [1.29, 1.82) is 0 Å². The average Bonchev–Trinajstić information content (AvgIpc) is 3.09. The standard InChI is InChI=1S/C21H33N7O/c1-16-25-26-20(27(16)3)15-24-21(22-2)23-14-19(28-12-6-5-7-13-28)17-8-10-18(29-4)11-9-17/h8-11,19H,5-7,12-15H2,1-4H3,(H2,22,23,24). The van der Waals surface area contributed by atoms with Gasteiger partial charge in [-0.1, -0.05) is 18.6 Å². The predicted molar refractivity (Wildman–Crippen MR) is 115 cm³/mol. The van der Waals surface area contributed by atoms with Gasteiger partial charge < -0.3 is 19.9 Å². The van der Waals surface area contributed by atoms with Gasteiger partial charge in [0, 0.05) is 20.6 Å². The zero-order valence-electron chi connectivity index (χ0n) is 18.0. The second-order valence-corrected chi connectivity index (χ2v) is 7.41. The summed E-state index contributed by atoms with van der Waals surface area (Å²) in [6.45, 7) is 5.56. The van der Waals surface area contributed by atoms with E-state index in [-0.39, 0.29) is 6.04 Å². The average molecular weight is 400 g/mol. The van der Waals surface area contributed by atoms with Crippen LogP contribution in [0.15, 0.2) is 29.3 Å². The monoisotopic (exact) mass is 399 g/mol. The van der Waals surface area contributed by atoms with Crippen molar-refractivity contribution in [3.8, 4) is 5.75 Å². The van der Waals surface area contributed by atoms with Crippen molar-refractivity contribution in [3.05, 3.63) is 41.5 Å². The summed E-state index contributed by atoms with van der Waals surface area (Å²) >= 11 is 0. The highest BCUT2D eigenvalue weighted by molar-refractivity contribution is 5.79. The van der Waals surface area contributed by atoms with Crippen LogP contribution in [0.25, 0.3) is 0 Å². The van der Waals surface area contributed by atoms with Crippen molar-refractivity contribution in [3.63, 3.8) is 0 Å². The molecule has 0 spiro atoms. The highest BCUT2D eigenvalue weighted by Crippen LogP contribution is 2.25. The minimum atomic E-state index is 0.289. The van der Waals surface area contributed by atoms with Gasteiger partial charge >= 0.3 is 0 Å². The van der Waals surface area contributed by atoms with Crippen LogP contribution < -0.4 is 15.4 Å². The van der Waals surface area contributed by atoms with Crippen molar-refractivity contribution in [2.24, 2.45) is 12.0 Å². The molecule has 1 fully saturated rings. The number of hydrogen-bond donors (Lipinski definition) is 2. The third-order valence-electron chi connectivity index (χ3n) is 5.62. The molecule has 1 unspecified atom stereocenters. The Balaban J connectivity index is 1.64. The Morgan fingerprint density at radius 3 is 2.45 bits per heavy atom. The van der Waals surface area contributed by atoms with E-state index in [4.69, 9.17) is 4.74 Å². The molecule has 158 valence electrons. The first kappa shape index (κ1) is 21.1. The van der Waals surface area contributed by atoms with Crippen molar-refractivity contribution in [2.75, 3.05) is 33.8 Å². The van der Waals surface area contributed by atoms with Crippen molar-refractivity contribution < 1.29 is 4.74 Å². The van der Waals surface area contributed by atoms with E-state index in [9.17, 15) is 0 Å². The van der Waals surface area contributed by atoms with Gasteiger partial charge in [-0.25, -0.2) is 0 Å². The highest BCUT2D eigenvalue weighted by Gasteiger charge is 2.22. The fourth-order valence-corrected chi connectivity index (χ4v) is 3.70. The third kappa shape index (κ3) is 5.47. The van der Waals surface area contributed by atoms with Gasteiger partial charge in [-0.05, 0) is 50.6 Å². The minimum Gasteiger partial charge on any atom is -0.497 e. The SMILES string of the molecule is CN=C(NCc1nnc(C)n1C)NCC(c1ccc(OC)cc1)N1CCCCC1. The molecule has 1 aliphatic rings. The Labute approximate surface area is 173 Å². The first-order chi connectivity index (χ1) is 14.1. The summed E-state index contributed by atoms with van der Waals surface area (Å²) < 4.78 is 7.30. The molecule has 2 heterocycles. The van der Waals surface area contributed by atoms with Crippen LogP contribution in [-0.4, -0.2) is 59.4 Å². The summed E-state index contributed by atoms with van der Waals surface area (Å²) in [6.07, 6.45) is 3.83. The Morgan fingerprint density at radius 1 is 1.14 bits per heavy atom. The molecule has 0 bridgehead atoms. The number of likely N-dealkylation sites (tertiary alicyclic amines) is 1. The molecule has 0 aliphatic carbocycles. The number of aromatic nitrogens is 3. The number of rotatable bonds is 7. The maximum absolute atomic E-state index is 5.32. The molecule has 2 aromatic rings. The van der Waals surface area contributed by atoms with Crippen LogP contribution >= 0.6 is 0 Å². The number of aliphatic imine (C=N–C) groups is 1. The molecule has 1 aliphatic heterocycles. The maximum Gasteiger partial charge on any atom is 0.191 e. The fourth-order valence-electron chi connectivity index (χ4n) is 3.70. The molecule has 1 saturated heterocycles. The summed E-state index contributed by atoms with van der Waals surface area (Å²) in [5.41, 5.74) is 1.29. The first-order valence-corrected chi connectivity index (χ1v) is 10.3. The van der Waals surface area contributed by atoms with Crippen LogP contribution in [0.1, 0.15) is 42.5 Å². The normalized spacial score (nSPS) is 16.5. The molecule has 1 atom stereocenters. The van der Waals surface area contributed by atoms with Gasteiger partial charge in [-0.15, -0.1) is 10.2 Å². The second kappa shape index (κ2) is 10.2. The van der Waals surface area contributed by atoms with Crippen LogP contribution in [-0.2, 0) is 13.6 Å². The minimum absolute atomic E-state index is 0.289. The number of piperidine rings is 1. The maximum atomic E-state index is 5.32. The van der Waals surface area contributed by atoms with E-state index in [1.165, 1.54) is 24.8 Å². The topological polar surface area (TPSA) is 79.6 Å². The highest BCUT2D eigenvalue weighted by atomic mass is 16.5. The van der Waals surface area contributed by atoms with Gasteiger partial charge in [0.1, 0.15) is 11.6 Å². The van der Waals surface area contributed by atoms with E-state index >= 15 is 0 Å². The third-order valence-corrected chi connectivity index (χ3v) is 5.62. The zero-order chi connectivity index (χ0) is 20.6. The molecule has 8 heteroatoms. The van der Waals surface area contributed by atoms with E-state index in [1.54, 1.807) is 14.2 Å². The molecule has 29 heavy (non-hydrogen) atoms. The van der Waals surface area contributed by atoms with E-state index < -0.39 is 0 Å². The van der Waals surface area contributed by atoms with Gasteiger partial charge in [-0.3, -0.25) is 9.89 Å². The van der Waals surface area contributed by atoms with Gasteiger partial charge in [-0.2, -0.15) is 0 Å². The van der Waals surface area contributed by atoms with Crippen LogP contribution in [0.3, 0.4) is 0 Å². The molecule has 3 rings (SSSR count). The summed E-state index contributed by atoms with van der Waals surface area (Å²) in [7, 11) is 5.46. The number of aryl methyl sites for hydroxylation is 1. The number of ether oxygens (including phenoxy) is 1. The van der Waals surface area contributed by atoms with Gasteiger partial charge in [0.25, 0.3) is 0 Å². The first-order valence-electron chi connectivity index (χ1n) is 10.3. The molecule has 0 saturated carbocycles. The lowest BCUT2D eigenvalue weighted by Gasteiger charge is -2.35. The van der Waals surface area contributed by atoms with Gasteiger partial charge in [0.2, 0.25) is 0 Å². The number of nitrogens with one attached hydrogen (secondary N) is 2. The lowest BCUT2D eigenvalue weighted by molar-refractivity contribution is 0.164. The van der Waals surface area contributed by atoms with Crippen LogP contribution in [0, 0.1) is 6.92 Å². The lowest BCUT2D eigenvalue weighted by Crippen LogP contribution is -2.44. The smallest absolute Gasteiger partial charge is 0.191 e. The predicted octanol–water partition coefficient (Wildman–Crippen LogP) is 2.02.